The minimum absolute atomic E-state index is 0.0563. The second-order valence-electron chi connectivity index (χ2n) is 4.81. The van der Waals surface area contributed by atoms with Crippen molar-refractivity contribution in [3.63, 3.8) is 0 Å². The van der Waals surface area contributed by atoms with Crippen molar-refractivity contribution in [1.82, 2.24) is 15.5 Å². The van der Waals surface area contributed by atoms with Gasteiger partial charge in [-0.2, -0.15) is 0 Å². The quantitative estimate of drug-likeness (QED) is 0.847. The van der Waals surface area contributed by atoms with Gasteiger partial charge in [-0.15, -0.1) is 10.2 Å². The molecule has 0 radical (unpaired) electrons. The Morgan fingerprint density at radius 3 is 2.73 bits per heavy atom. The van der Waals surface area contributed by atoms with Crippen LogP contribution in [0.1, 0.15) is 23.8 Å². The van der Waals surface area contributed by atoms with E-state index < -0.39 is 0 Å². The van der Waals surface area contributed by atoms with Gasteiger partial charge in [-0.05, 0) is 37.6 Å². The molecule has 22 heavy (non-hydrogen) atoms. The molecule has 1 unspecified atom stereocenters. The van der Waals surface area contributed by atoms with Gasteiger partial charge in [0.15, 0.2) is 5.69 Å². The van der Waals surface area contributed by atoms with Crippen LogP contribution in [-0.4, -0.2) is 28.7 Å². The van der Waals surface area contributed by atoms with Crippen molar-refractivity contribution >= 4 is 29.3 Å². The molecule has 0 saturated heterocycles. The molecule has 0 bridgehead atoms. The van der Waals surface area contributed by atoms with E-state index in [1.807, 2.05) is 31.2 Å². The third-order valence-corrected chi connectivity index (χ3v) is 4.25. The van der Waals surface area contributed by atoms with E-state index in [1.54, 1.807) is 12.1 Å². The summed E-state index contributed by atoms with van der Waals surface area (Å²) >= 11 is 7.50. The maximum absolute atomic E-state index is 11.9. The highest BCUT2D eigenvalue weighted by Gasteiger charge is 2.09. The van der Waals surface area contributed by atoms with Crippen LogP contribution >= 0.6 is 23.4 Å². The Labute approximate surface area is 138 Å². The van der Waals surface area contributed by atoms with Crippen LogP contribution in [0.3, 0.4) is 0 Å². The van der Waals surface area contributed by atoms with Crippen LogP contribution in [-0.2, 0) is 0 Å². The summed E-state index contributed by atoms with van der Waals surface area (Å²) in [7, 11) is 0. The van der Waals surface area contributed by atoms with Gasteiger partial charge in [0.2, 0.25) is 0 Å². The van der Waals surface area contributed by atoms with Gasteiger partial charge in [0.25, 0.3) is 5.91 Å². The van der Waals surface area contributed by atoms with Gasteiger partial charge in [-0.25, -0.2) is 0 Å². The van der Waals surface area contributed by atoms with Crippen molar-refractivity contribution in [2.24, 2.45) is 5.73 Å². The first-order valence-corrected chi connectivity index (χ1v) is 8.05. The lowest BCUT2D eigenvalue weighted by Crippen LogP contribution is -2.29. The molecular weight excluding hydrogens is 320 g/mol. The molecule has 1 atom stereocenters. The van der Waals surface area contributed by atoms with Crippen molar-refractivity contribution in [3.05, 3.63) is 47.1 Å². The average Bonchev–Trinajstić information content (AvgIpc) is 2.50. The summed E-state index contributed by atoms with van der Waals surface area (Å²) in [6.07, 6.45) is 0.722. The summed E-state index contributed by atoms with van der Waals surface area (Å²) in [5.41, 5.74) is 5.92. The highest BCUT2D eigenvalue weighted by atomic mass is 35.5. The molecule has 0 aliphatic carbocycles. The molecule has 2 rings (SSSR count). The lowest BCUT2D eigenvalue weighted by molar-refractivity contribution is 0.0946. The van der Waals surface area contributed by atoms with Crippen molar-refractivity contribution in [1.29, 1.82) is 0 Å². The van der Waals surface area contributed by atoms with Gasteiger partial charge < -0.3 is 11.1 Å². The number of hydrogen-bond donors (Lipinski definition) is 2. The molecule has 0 saturated carbocycles. The number of benzene rings is 1. The molecule has 116 valence electrons. The number of nitrogens with two attached hydrogens (primary N) is 1. The number of aromatic nitrogens is 2. The number of rotatable bonds is 6. The van der Waals surface area contributed by atoms with Crippen molar-refractivity contribution < 1.29 is 4.79 Å². The molecule has 2 aromatic rings. The largest absolute Gasteiger partial charge is 0.351 e. The van der Waals surface area contributed by atoms with Crippen molar-refractivity contribution in [3.8, 4) is 0 Å². The SMILES string of the molecule is CC(N)CCNC(=O)c1ccc(Sc2ccccc2Cl)nn1. The maximum Gasteiger partial charge on any atom is 0.271 e. The molecule has 0 aliphatic heterocycles. The second kappa shape index (κ2) is 8.12. The smallest absolute Gasteiger partial charge is 0.271 e. The molecule has 0 fully saturated rings. The minimum Gasteiger partial charge on any atom is -0.351 e. The lowest BCUT2D eigenvalue weighted by Gasteiger charge is -2.07. The van der Waals surface area contributed by atoms with Crippen LogP contribution in [0.25, 0.3) is 0 Å². The van der Waals surface area contributed by atoms with E-state index in [4.69, 9.17) is 17.3 Å². The van der Waals surface area contributed by atoms with Gasteiger partial charge in [-0.3, -0.25) is 4.79 Å². The zero-order valence-corrected chi connectivity index (χ0v) is 13.7. The second-order valence-corrected chi connectivity index (χ2v) is 6.28. The Hall–Kier alpha value is -1.63. The van der Waals surface area contributed by atoms with Crippen molar-refractivity contribution in [2.45, 2.75) is 29.3 Å². The Morgan fingerprint density at radius 1 is 1.32 bits per heavy atom. The number of nitrogens with zero attached hydrogens (tertiary/aromatic N) is 2. The minimum atomic E-state index is -0.248. The summed E-state index contributed by atoms with van der Waals surface area (Å²) in [5, 5.41) is 12.1. The zero-order valence-electron chi connectivity index (χ0n) is 12.1. The van der Waals surface area contributed by atoms with E-state index >= 15 is 0 Å². The first-order chi connectivity index (χ1) is 10.6. The van der Waals surface area contributed by atoms with E-state index in [-0.39, 0.29) is 17.6 Å². The zero-order chi connectivity index (χ0) is 15.9. The van der Waals surface area contributed by atoms with Crippen LogP contribution in [0.15, 0.2) is 46.3 Å². The predicted octanol–water partition coefficient (Wildman–Crippen LogP) is 2.75. The number of carbonyl (C=O) groups excluding carboxylic acids is 1. The van der Waals surface area contributed by atoms with Gasteiger partial charge in [0, 0.05) is 17.5 Å². The Kier molecular flexibility index (Phi) is 6.18. The molecule has 1 heterocycles. The predicted molar refractivity (Wildman–Crippen MR) is 88.2 cm³/mol. The van der Waals surface area contributed by atoms with Crippen LogP contribution < -0.4 is 11.1 Å². The number of carbonyl (C=O) groups is 1. The molecule has 3 N–H and O–H groups in total. The molecule has 1 aromatic carbocycles. The fraction of sp³-hybridized carbons (Fsp3) is 0.267. The first-order valence-electron chi connectivity index (χ1n) is 6.86. The Morgan fingerprint density at radius 2 is 2.09 bits per heavy atom. The average molecular weight is 337 g/mol. The normalized spacial score (nSPS) is 12.0. The van der Waals surface area contributed by atoms with Gasteiger partial charge in [0.05, 0.1) is 5.02 Å². The summed E-state index contributed by atoms with van der Waals surface area (Å²) in [6, 6.07) is 11.0. The summed E-state index contributed by atoms with van der Waals surface area (Å²) < 4.78 is 0. The fourth-order valence-electron chi connectivity index (χ4n) is 1.64. The topological polar surface area (TPSA) is 80.9 Å². The van der Waals surface area contributed by atoms with Crippen molar-refractivity contribution in [2.75, 3.05) is 6.54 Å². The summed E-state index contributed by atoms with van der Waals surface area (Å²) in [5.74, 6) is -0.248. The lowest BCUT2D eigenvalue weighted by atomic mass is 10.2. The van der Waals surface area contributed by atoms with Gasteiger partial charge in [-0.1, -0.05) is 35.5 Å². The summed E-state index contributed by atoms with van der Waals surface area (Å²) in [4.78, 5) is 12.8. The number of nitrogens with one attached hydrogen (secondary N) is 1. The molecule has 5 nitrogen and oxygen atoms in total. The monoisotopic (exact) mass is 336 g/mol. The summed E-state index contributed by atoms with van der Waals surface area (Å²) in [6.45, 7) is 2.42. The highest BCUT2D eigenvalue weighted by molar-refractivity contribution is 7.99. The molecule has 7 heteroatoms. The van der Waals surface area contributed by atoms with Crippen LogP contribution in [0.5, 0.6) is 0 Å². The fourth-order valence-corrected chi connectivity index (χ4v) is 2.65. The molecular formula is C15H17ClN4OS. The van der Waals surface area contributed by atoms with Gasteiger partial charge >= 0.3 is 0 Å². The number of amides is 1. The standard InChI is InChI=1S/C15H17ClN4OS/c1-10(17)8-9-18-15(21)12-6-7-14(20-19-12)22-13-5-3-2-4-11(13)16/h2-7,10H,8-9,17H2,1H3,(H,18,21). The van der Waals surface area contributed by atoms with E-state index in [9.17, 15) is 4.79 Å². The van der Waals surface area contributed by atoms with Crippen LogP contribution in [0.4, 0.5) is 0 Å². The first kappa shape index (κ1) is 16.7. The molecule has 1 amide bonds. The third-order valence-electron chi connectivity index (χ3n) is 2.81. The third kappa shape index (κ3) is 4.98. The molecule has 0 spiro atoms. The van der Waals surface area contributed by atoms with Crippen LogP contribution in [0, 0.1) is 0 Å². The van der Waals surface area contributed by atoms with E-state index in [0.717, 1.165) is 11.3 Å². The molecule has 1 aromatic heterocycles. The Bertz CT molecular complexity index is 634. The highest BCUT2D eigenvalue weighted by Crippen LogP contribution is 2.31. The van der Waals surface area contributed by atoms with Gasteiger partial charge in [0.1, 0.15) is 5.03 Å². The Balaban J connectivity index is 1.95. The maximum atomic E-state index is 11.9. The number of halogens is 1. The van der Waals surface area contributed by atoms with Crippen LogP contribution in [0.2, 0.25) is 5.02 Å². The van der Waals surface area contributed by atoms with E-state index in [1.165, 1.54) is 11.8 Å². The van der Waals surface area contributed by atoms with E-state index in [0.29, 0.717) is 16.6 Å². The van der Waals surface area contributed by atoms with E-state index in [2.05, 4.69) is 15.5 Å². The molecule has 0 aliphatic rings. The number of hydrogen-bond acceptors (Lipinski definition) is 5.